The van der Waals surface area contributed by atoms with Crippen molar-refractivity contribution >= 4 is 18.1 Å². The second-order valence-electron chi connectivity index (χ2n) is 6.48. The first-order valence-corrected chi connectivity index (χ1v) is 9.49. The van der Waals surface area contributed by atoms with Gasteiger partial charge in [-0.05, 0) is 59.7 Å². The van der Waals surface area contributed by atoms with Crippen molar-refractivity contribution in [2.24, 2.45) is 5.10 Å². The molecular weight excluding hydrogens is 396 g/mol. The van der Waals surface area contributed by atoms with Crippen molar-refractivity contribution in [1.82, 2.24) is 5.43 Å². The molecule has 1 N–H and O–H groups in total. The summed E-state index contributed by atoms with van der Waals surface area (Å²) in [5.74, 6) is 0.886. The molecule has 0 fully saturated rings. The molecule has 0 atom stereocenters. The SMILES string of the molecule is COc1ccc(CC(=O)N/N=C\c2ccc(OC(=O)c3ccccc3)cc2)cc1OC. The van der Waals surface area contributed by atoms with Gasteiger partial charge in [-0.15, -0.1) is 0 Å². The predicted octanol–water partition coefficient (Wildman–Crippen LogP) is 3.62. The molecule has 0 aromatic heterocycles. The van der Waals surface area contributed by atoms with Crippen LogP contribution in [0.1, 0.15) is 21.5 Å². The van der Waals surface area contributed by atoms with Crippen molar-refractivity contribution in [3.8, 4) is 17.2 Å². The van der Waals surface area contributed by atoms with Gasteiger partial charge < -0.3 is 14.2 Å². The summed E-state index contributed by atoms with van der Waals surface area (Å²) in [6.45, 7) is 0. The molecule has 0 heterocycles. The summed E-state index contributed by atoms with van der Waals surface area (Å²) >= 11 is 0. The van der Waals surface area contributed by atoms with Crippen molar-refractivity contribution in [2.45, 2.75) is 6.42 Å². The third-order valence-electron chi connectivity index (χ3n) is 4.32. The van der Waals surface area contributed by atoms with E-state index in [4.69, 9.17) is 14.2 Å². The van der Waals surface area contributed by atoms with Crippen molar-refractivity contribution in [1.29, 1.82) is 0 Å². The molecule has 0 unspecified atom stereocenters. The number of amides is 1. The van der Waals surface area contributed by atoms with E-state index in [-0.39, 0.29) is 12.3 Å². The minimum Gasteiger partial charge on any atom is -0.493 e. The minimum atomic E-state index is -0.426. The van der Waals surface area contributed by atoms with Crippen molar-refractivity contribution in [3.05, 3.63) is 89.5 Å². The first-order valence-electron chi connectivity index (χ1n) is 9.49. The van der Waals surface area contributed by atoms with Gasteiger partial charge in [0.25, 0.3) is 0 Å². The van der Waals surface area contributed by atoms with E-state index in [0.29, 0.717) is 22.8 Å². The highest BCUT2D eigenvalue weighted by Gasteiger charge is 2.09. The number of rotatable bonds is 8. The Kier molecular flexibility index (Phi) is 7.37. The quantitative estimate of drug-likeness (QED) is 0.261. The fraction of sp³-hybridized carbons (Fsp3) is 0.125. The number of esters is 1. The lowest BCUT2D eigenvalue weighted by Gasteiger charge is -2.09. The highest BCUT2D eigenvalue weighted by Crippen LogP contribution is 2.27. The topological polar surface area (TPSA) is 86.2 Å². The van der Waals surface area contributed by atoms with Gasteiger partial charge in [-0.3, -0.25) is 4.79 Å². The van der Waals surface area contributed by atoms with E-state index in [1.54, 1.807) is 80.9 Å². The highest BCUT2D eigenvalue weighted by molar-refractivity contribution is 5.91. The van der Waals surface area contributed by atoms with Gasteiger partial charge in [-0.25, -0.2) is 10.2 Å². The van der Waals surface area contributed by atoms with E-state index in [1.165, 1.54) is 6.21 Å². The molecule has 1 amide bonds. The van der Waals surface area contributed by atoms with Crippen LogP contribution < -0.4 is 19.6 Å². The third kappa shape index (κ3) is 6.17. The Labute approximate surface area is 180 Å². The number of nitrogens with zero attached hydrogens (tertiary/aromatic N) is 1. The number of nitrogens with one attached hydrogen (secondary N) is 1. The maximum Gasteiger partial charge on any atom is 0.343 e. The lowest BCUT2D eigenvalue weighted by atomic mass is 10.1. The zero-order valence-electron chi connectivity index (χ0n) is 17.2. The molecule has 3 aromatic carbocycles. The number of carbonyl (C=O) groups excluding carboxylic acids is 2. The van der Waals surface area contributed by atoms with Gasteiger partial charge in [-0.1, -0.05) is 24.3 Å². The molecule has 3 rings (SSSR count). The molecule has 7 nitrogen and oxygen atoms in total. The molecule has 31 heavy (non-hydrogen) atoms. The standard InChI is InChI=1S/C24H22N2O5/c1-29-21-13-10-18(14-22(21)30-2)15-23(27)26-25-16-17-8-11-20(12-9-17)31-24(28)19-6-4-3-5-7-19/h3-14,16H,15H2,1-2H3,(H,26,27)/b25-16-. The lowest BCUT2D eigenvalue weighted by Crippen LogP contribution is -2.19. The zero-order valence-corrected chi connectivity index (χ0v) is 17.2. The largest absolute Gasteiger partial charge is 0.493 e. The van der Waals surface area contributed by atoms with Crippen molar-refractivity contribution in [3.63, 3.8) is 0 Å². The van der Waals surface area contributed by atoms with Crippen LogP contribution in [0.4, 0.5) is 0 Å². The van der Waals surface area contributed by atoms with E-state index in [1.807, 2.05) is 6.07 Å². The Balaban J connectivity index is 1.51. The Morgan fingerprint density at radius 3 is 2.29 bits per heavy atom. The average Bonchev–Trinajstić information content (AvgIpc) is 2.80. The molecule has 7 heteroatoms. The van der Waals surface area contributed by atoms with Crippen LogP contribution in [0.2, 0.25) is 0 Å². The average molecular weight is 418 g/mol. The monoisotopic (exact) mass is 418 g/mol. The fourth-order valence-corrected chi connectivity index (χ4v) is 2.76. The molecule has 0 spiro atoms. The van der Waals surface area contributed by atoms with Crippen LogP contribution in [0.3, 0.4) is 0 Å². The number of carbonyl (C=O) groups is 2. The molecule has 158 valence electrons. The summed E-state index contributed by atoms with van der Waals surface area (Å²) < 4.78 is 15.8. The predicted molar refractivity (Wildman–Crippen MR) is 117 cm³/mol. The molecule has 0 aliphatic heterocycles. The molecule has 0 bridgehead atoms. The van der Waals surface area contributed by atoms with Crippen LogP contribution in [0.5, 0.6) is 17.2 Å². The maximum absolute atomic E-state index is 12.1. The summed E-state index contributed by atoms with van der Waals surface area (Å²) in [4.78, 5) is 24.2. The normalized spacial score (nSPS) is 10.5. The van der Waals surface area contributed by atoms with Crippen LogP contribution in [0, 0.1) is 0 Å². The smallest absolute Gasteiger partial charge is 0.343 e. The van der Waals surface area contributed by atoms with E-state index >= 15 is 0 Å². The molecule has 0 saturated carbocycles. The zero-order chi connectivity index (χ0) is 22.1. The van der Waals surface area contributed by atoms with Crippen LogP contribution in [0.15, 0.2) is 77.9 Å². The Hall–Kier alpha value is -4.13. The van der Waals surface area contributed by atoms with Crippen molar-refractivity contribution in [2.75, 3.05) is 14.2 Å². The van der Waals surface area contributed by atoms with Gasteiger partial charge in [0.2, 0.25) is 5.91 Å². The molecule has 0 aliphatic rings. The van der Waals surface area contributed by atoms with Gasteiger partial charge >= 0.3 is 5.97 Å². The molecule has 0 aliphatic carbocycles. The van der Waals surface area contributed by atoms with Gasteiger partial charge in [0.15, 0.2) is 11.5 Å². The lowest BCUT2D eigenvalue weighted by molar-refractivity contribution is -0.120. The van der Waals surface area contributed by atoms with Gasteiger partial charge in [0, 0.05) is 0 Å². The Morgan fingerprint density at radius 1 is 0.903 bits per heavy atom. The number of benzene rings is 3. The van der Waals surface area contributed by atoms with E-state index < -0.39 is 5.97 Å². The van der Waals surface area contributed by atoms with Crippen LogP contribution in [-0.2, 0) is 11.2 Å². The first-order chi connectivity index (χ1) is 15.1. The number of ether oxygens (including phenoxy) is 3. The molecule has 0 radical (unpaired) electrons. The first kappa shape index (κ1) is 21.6. The van der Waals surface area contributed by atoms with Gasteiger partial charge in [0.1, 0.15) is 5.75 Å². The Bertz CT molecular complexity index is 1060. The Morgan fingerprint density at radius 2 is 1.61 bits per heavy atom. The summed E-state index contributed by atoms with van der Waals surface area (Å²) in [6.07, 6.45) is 1.65. The van der Waals surface area contributed by atoms with E-state index in [0.717, 1.165) is 11.1 Å². The number of hydrazone groups is 1. The van der Waals surface area contributed by atoms with Crippen molar-refractivity contribution < 1.29 is 23.8 Å². The van der Waals surface area contributed by atoms with Gasteiger partial charge in [0.05, 0.1) is 32.4 Å². The number of hydrogen-bond donors (Lipinski definition) is 1. The minimum absolute atomic E-state index is 0.145. The van der Waals surface area contributed by atoms with E-state index in [9.17, 15) is 9.59 Å². The maximum atomic E-state index is 12.1. The number of hydrogen-bond acceptors (Lipinski definition) is 6. The number of methoxy groups -OCH3 is 2. The fourth-order valence-electron chi connectivity index (χ4n) is 2.76. The second-order valence-corrected chi connectivity index (χ2v) is 6.48. The summed E-state index contributed by atoms with van der Waals surface area (Å²) in [5, 5.41) is 3.96. The van der Waals surface area contributed by atoms with E-state index in [2.05, 4.69) is 10.5 Å². The third-order valence-corrected chi connectivity index (χ3v) is 4.32. The summed E-state index contributed by atoms with van der Waals surface area (Å²) in [5.41, 5.74) is 4.48. The molecule has 3 aromatic rings. The summed E-state index contributed by atoms with van der Waals surface area (Å²) in [7, 11) is 3.10. The van der Waals surface area contributed by atoms with Crippen LogP contribution in [0.25, 0.3) is 0 Å². The molecule has 0 saturated heterocycles. The molecular formula is C24H22N2O5. The highest BCUT2D eigenvalue weighted by atomic mass is 16.5. The van der Waals surface area contributed by atoms with Crippen LogP contribution >= 0.6 is 0 Å². The van der Waals surface area contributed by atoms with Gasteiger partial charge in [-0.2, -0.15) is 5.10 Å². The van der Waals surface area contributed by atoms with Crippen LogP contribution in [-0.4, -0.2) is 32.3 Å². The second kappa shape index (κ2) is 10.6. The summed E-state index contributed by atoms with van der Waals surface area (Å²) in [6, 6.07) is 20.8.